The predicted molar refractivity (Wildman–Crippen MR) is 70.8 cm³/mol. The summed E-state index contributed by atoms with van der Waals surface area (Å²) in [5.41, 5.74) is 0.779. The minimum Gasteiger partial charge on any atom is -0.508 e. The van der Waals surface area contributed by atoms with Gasteiger partial charge in [0, 0.05) is 0 Å². The molecule has 86 valence electrons. The maximum absolute atomic E-state index is 11.7. The lowest BCUT2D eigenvalue weighted by Crippen LogP contribution is -1.88. The lowest BCUT2D eigenvalue weighted by atomic mass is 10.2. The first-order valence-electron chi connectivity index (χ1n) is 4.92. The Morgan fingerprint density at radius 3 is 2.76 bits per heavy atom. The highest BCUT2D eigenvalue weighted by molar-refractivity contribution is 7.18. The molecule has 1 aromatic heterocycles. The smallest absolute Gasteiger partial charge is 0.195 e. The van der Waals surface area contributed by atoms with Crippen molar-refractivity contribution >= 4 is 34.8 Å². The van der Waals surface area contributed by atoms with Crippen molar-refractivity contribution in [1.29, 1.82) is 0 Å². The van der Waals surface area contributed by atoms with Gasteiger partial charge < -0.3 is 5.11 Å². The van der Waals surface area contributed by atoms with Crippen LogP contribution in [0.4, 0.5) is 0 Å². The van der Waals surface area contributed by atoms with Crippen molar-refractivity contribution in [3.63, 3.8) is 0 Å². The van der Waals surface area contributed by atoms with E-state index in [1.807, 2.05) is 6.07 Å². The molecule has 1 heterocycles. The molecule has 4 heteroatoms. The topological polar surface area (TPSA) is 37.3 Å². The molecule has 17 heavy (non-hydrogen) atoms. The van der Waals surface area contributed by atoms with Crippen LogP contribution in [0.3, 0.4) is 0 Å². The van der Waals surface area contributed by atoms with Gasteiger partial charge in [-0.25, -0.2) is 0 Å². The predicted octanol–water partition coefficient (Wildman–Crippen LogP) is 4.00. The number of allylic oxidation sites excluding steroid dienone is 1. The van der Waals surface area contributed by atoms with E-state index in [4.69, 9.17) is 11.6 Å². The van der Waals surface area contributed by atoms with Crippen LogP contribution in [0.25, 0.3) is 6.08 Å². The molecule has 0 unspecified atom stereocenters. The minimum atomic E-state index is -0.0924. The molecule has 0 fully saturated rings. The molecule has 2 rings (SSSR count). The van der Waals surface area contributed by atoms with E-state index >= 15 is 0 Å². The molecule has 0 saturated heterocycles. The average Bonchev–Trinajstić information content (AvgIpc) is 2.73. The summed E-state index contributed by atoms with van der Waals surface area (Å²) in [7, 11) is 0. The lowest BCUT2D eigenvalue weighted by Gasteiger charge is -1.94. The number of hydrogen-bond acceptors (Lipinski definition) is 3. The van der Waals surface area contributed by atoms with Gasteiger partial charge in [0.2, 0.25) is 0 Å². The Balaban J connectivity index is 2.13. The minimum absolute atomic E-state index is 0.0924. The molecule has 0 bridgehead atoms. The van der Waals surface area contributed by atoms with Crippen molar-refractivity contribution in [1.82, 2.24) is 0 Å². The van der Waals surface area contributed by atoms with Crippen LogP contribution in [0.1, 0.15) is 15.2 Å². The monoisotopic (exact) mass is 264 g/mol. The Morgan fingerprint density at radius 2 is 2.12 bits per heavy atom. The van der Waals surface area contributed by atoms with Gasteiger partial charge in [-0.2, -0.15) is 0 Å². The summed E-state index contributed by atoms with van der Waals surface area (Å²) in [6, 6.07) is 10.1. The van der Waals surface area contributed by atoms with Crippen molar-refractivity contribution in [2.24, 2.45) is 0 Å². The number of phenols is 1. The summed E-state index contributed by atoms with van der Waals surface area (Å²) < 4.78 is 0.596. The second-order valence-electron chi connectivity index (χ2n) is 3.40. The number of carbonyl (C=O) groups is 1. The Morgan fingerprint density at radius 1 is 1.29 bits per heavy atom. The van der Waals surface area contributed by atoms with E-state index < -0.39 is 0 Å². The molecule has 0 amide bonds. The van der Waals surface area contributed by atoms with E-state index in [1.165, 1.54) is 17.4 Å². The van der Waals surface area contributed by atoms with Crippen LogP contribution in [0.5, 0.6) is 5.75 Å². The van der Waals surface area contributed by atoms with Crippen molar-refractivity contribution in [2.75, 3.05) is 0 Å². The van der Waals surface area contributed by atoms with E-state index in [2.05, 4.69) is 0 Å². The molecule has 0 aliphatic rings. The Labute approximate surface area is 108 Å². The van der Waals surface area contributed by atoms with E-state index in [0.717, 1.165) is 5.56 Å². The Bertz CT molecular complexity index is 572. The SMILES string of the molecule is O=C(/C=C/c1cccc(O)c1)c1ccc(Cl)s1. The summed E-state index contributed by atoms with van der Waals surface area (Å²) in [6.07, 6.45) is 3.13. The fraction of sp³-hybridized carbons (Fsp3) is 0. The molecule has 0 aliphatic heterocycles. The van der Waals surface area contributed by atoms with Gasteiger partial charge in [-0.1, -0.05) is 29.8 Å². The van der Waals surface area contributed by atoms with Crippen molar-refractivity contribution in [3.05, 3.63) is 57.3 Å². The van der Waals surface area contributed by atoms with Gasteiger partial charge in [-0.3, -0.25) is 4.79 Å². The van der Waals surface area contributed by atoms with E-state index in [1.54, 1.807) is 36.4 Å². The number of thiophene rings is 1. The second kappa shape index (κ2) is 5.17. The van der Waals surface area contributed by atoms with Crippen LogP contribution in [-0.4, -0.2) is 10.9 Å². The standard InChI is InChI=1S/C13H9ClO2S/c14-13-7-6-12(17-13)11(16)5-4-9-2-1-3-10(15)8-9/h1-8,15H/b5-4+. The van der Waals surface area contributed by atoms with Crippen molar-refractivity contribution in [2.45, 2.75) is 0 Å². The fourth-order valence-corrected chi connectivity index (χ4v) is 2.29. The van der Waals surface area contributed by atoms with Gasteiger partial charge in [0.05, 0.1) is 9.21 Å². The van der Waals surface area contributed by atoms with Gasteiger partial charge in [-0.15, -0.1) is 11.3 Å². The number of halogens is 1. The van der Waals surface area contributed by atoms with Crippen LogP contribution in [-0.2, 0) is 0 Å². The summed E-state index contributed by atoms with van der Waals surface area (Å²) in [5.74, 6) is 0.0870. The number of carbonyl (C=O) groups excluding carboxylic acids is 1. The molecule has 1 aromatic carbocycles. The molecule has 0 atom stereocenters. The van der Waals surface area contributed by atoms with Gasteiger partial charge >= 0.3 is 0 Å². The summed E-state index contributed by atoms with van der Waals surface area (Å²) in [6.45, 7) is 0. The van der Waals surface area contributed by atoms with Crippen LogP contribution in [0.2, 0.25) is 4.34 Å². The molecule has 2 nitrogen and oxygen atoms in total. The largest absolute Gasteiger partial charge is 0.508 e. The third-order valence-electron chi connectivity index (χ3n) is 2.11. The third-order valence-corrected chi connectivity index (χ3v) is 3.36. The summed E-state index contributed by atoms with van der Waals surface area (Å²) >= 11 is 7.00. The maximum Gasteiger partial charge on any atom is 0.195 e. The highest BCUT2D eigenvalue weighted by atomic mass is 35.5. The molecule has 0 aliphatic carbocycles. The van der Waals surface area contributed by atoms with Crippen LogP contribution >= 0.6 is 22.9 Å². The average molecular weight is 265 g/mol. The van der Waals surface area contributed by atoms with E-state index in [0.29, 0.717) is 9.21 Å². The number of benzene rings is 1. The molecular formula is C13H9ClO2S. The molecule has 0 radical (unpaired) electrons. The summed E-state index contributed by atoms with van der Waals surface area (Å²) in [5, 5.41) is 9.26. The van der Waals surface area contributed by atoms with Gasteiger partial charge in [0.15, 0.2) is 5.78 Å². The zero-order valence-electron chi connectivity index (χ0n) is 8.76. The first-order chi connectivity index (χ1) is 8.15. The third kappa shape index (κ3) is 3.19. The number of aromatic hydroxyl groups is 1. The van der Waals surface area contributed by atoms with Crippen LogP contribution < -0.4 is 0 Å². The number of phenolic OH excluding ortho intramolecular Hbond substituents is 1. The fourth-order valence-electron chi connectivity index (χ4n) is 1.33. The normalized spacial score (nSPS) is 10.9. The van der Waals surface area contributed by atoms with Crippen molar-refractivity contribution in [3.8, 4) is 5.75 Å². The first kappa shape index (κ1) is 11.9. The summed E-state index contributed by atoms with van der Waals surface area (Å²) in [4.78, 5) is 12.3. The molecule has 2 aromatic rings. The molecule has 1 N–H and O–H groups in total. The first-order valence-corrected chi connectivity index (χ1v) is 6.11. The highest BCUT2D eigenvalue weighted by Gasteiger charge is 2.04. The number of rotatable bonds is 3. The number of ketones is 1. The Hall–Kier alpha value is -1.58. The van der Waals surface area contributed by atoms with Crippen LogP contribution in [0, 0.1) is 0 Å². The van der Waals surface area contributed by atoms with Crippen LogP contribution in [0.15, 0.2) is 42.5 Å². The Kier molecular flexibility index (Phi) is 3.61. The zero-order chi connectivity index (χ0) is 12.3. The van der Waals surface area contributed by atoms with E-state index in [9.17, 15) is 9.90 Å². The van der Waals surface area contributed by atoms with E-state index in [-0.39, 0.29) is 11.5 Å². The molecular weight excluding hydrogens is 256 g/mol. The quantitative estimate of drug-likeness (QED) is 0.672. The maximum atomic E-state index is 11.7. The van der Waals surface area contributed by atoms with Gasteiger partial charge in [0.1, 0.15) is 5.75 Å². The zero-order valence-corrected chi connectivity index (χ0v) is 10.3. The van der Waals surface area contributed by atoms with Gasteiger partial charge in [-0.05, 0) is 35.9 Å². The van der Waals surface area contributed by atoms with Crippen molar-refractivity contribution < 1.29 is 9.90 Å². The molecule has 0 saturated carbocycles. The van der Waals surface area contributed by atoms with Gasteiger partial charge in [0.25, 0.3) is 0 Å². The number of hydrogen-bond donors (Lipinski definition) is 1. The molecule has 0 spiro atoms. The second-order valence-corrected chi connectivity index (χ2v) is 5.11. The lowest BCUT2D eigenvalue weighted by molar-refractivity contribution is 0.105. The highest BCUT2D eigenvalue weighted by Crippen LogP contribution is 2.22.